The Hall–Kier alpha value is -3.65. The van der Waals surface area contributed by atoms with E-state index >= 15 is 0 Å². The lowest BCUT2D eigenvalue weighted by molar-refractivity contribution is 0.340. The van der Waals surface area contributed by atoms with Gasteiger partial charge < -0.3 is 24.8 Å². The Morgan fingerprint density at radius 3 is 1.94 bits per heavy atom. The number of hydrogen-bond acceptors (Lipinski definition) is 6. The van der Waals surface area contributed by atoms with Crippen molar-refractivity contribution in [1.82, 2.24) is 9.97 Å². The van der Waals surface area contributed by atoms with Crippen molar-refractivity contribution in [2.24, 2.45) is 0 Å². The minimum atomic E-state index is 0.476. The van der Waals surface area contributed by atoms with Crippen LogP contribution < -0.4 is 24.8 Å². The third kappa shape index (κ3) is 4.59. The number of benzene rings is 3. The van der Waals surface area contributed by atoms with Crippen LogP contribution in [-0.2, 0) is 0 Å². The van der Waals surface area contributed by atoms with Crippen LogP contribution in [0.5, 0.6) is 17.2 Å². The van der Waals surface area contributed by atoms with Crippen molar-refractivity contribution in [1.29, 1.82) is 0 Å². The highest BCUT2D eigenvalue weighted by Crippen LogP contribution is 2.31. The Bertz CT molecular complexity index is 1250. The van der Waals surface area contributed by atoms with E-state index in [9.17, 15) is 0 Å². The molecule has 0 aliphatic rings. The minimum Gasteiger partial charge on any atom is -0.494 e. The molecular weight excluding hydrogens is 412 g/mol. The molecule has 0 radical (unpaired) electrons. The van der Waals surface area contributed by atoms with E-state index in [1.54, 1.807) is 14.2 Å². The highest BCUT2D eigenvalue weighted by Gasteiger charge is 2.10. The predicted octanol–water partition coefficient (Wildman–Crippen LogP) is 5.01. The zero-order chi connectivity index (χ0) is 21.8. The van der Waals surface area contributed by atoms with Crippen LogP contribution in [0, 0.1) is 0 Å². The van der Waals surface area contributed by atoms with Crippen LogP contribution in [0.25, 0.3) is 22.1 Å². The summed E-state index contributed by atoms with van der Waals surface area (Å²) in [4.78, 5) is 9.41. The number of rotatable bonds is 6. The Morgan fingerprint density at radius 1 is 0.774 bits per heavy atom. The van der Waals surface area contributed by atoms with Gasteiger partial charge in [-0.25, -0.2) is 9.97 Å². The van der Waals surface area contributed by atoms with Crippen LogP contribution in [0.1, 0.15) is 6.92 Å². The molecule has 0 bridgehead atoms. The summed E-state index contributed by atoms with van der Waals surface area (Å²) < 4.78 is 16.2. The largest absolute Gasteiger partial charge is 0.494 e. The van der Waals surface area contributed by atoms with Gasteiger partial charge in [-0.05, 0) is 61.6 Å². The van der Waals surface area contributed by atoms with Crippen molar-refractivity contribution in [3.05, 3.63) is 54.6 Å². The molecule has 4 rings (SSSR count). The highest BCUT2D eigenvalue weighted by atomic mass is 32.1. The first-order valence-electron chi connectivity index (χ1n) is 9.74. The summed E-state index contributed by atoms with van der Waals surface area (Å²) in [5.74, 6) is 2.05. The van der Waals surface area contributed by atoms with E-state index in [1.165, 1.54) is 0 Å². The smallest absolute Gasteiger partial charge is 0.175 e. The second-order valence-electron chi connectivity index (χ2n) is 6.66. The van der Waals surface area contributed by atoms with Crippen molar-refractivity contribution in [3.8, 4) is 17.2 Å². The molecule has 1 heterocycles. The highest BCUT2D eigenvalue weighted by molar-refractivity contribution is 7.80. The van der Waals surface area contributed by atoms with Gasteiger partial charge in [0.1, 0.15) is 5.75 Å². The normalized spacial score (nSPS) is 10.7. The maximum Gasteiger partial charge on any atom is 0.175 e. The second kappa shape index (κ2) is 9.01. The number of thiocarbonyl (C=S) groups is 1. The third-order valence-electron chi connectivity index (χ3n) is 4.62. The summed E-state index contributed by atoms with van der Waals surface area (Å²) in [6.45, 7) is 2.59. The molecular formula is C23H22N4O3S. The predicted molar refractivity (Wildman–Crippen MR) is 128 cm³/mol. The molecule has 2 N–H and O–H groups in total. The summed E-state index contributed by atoms with van der Waals surface area (Å²) in [5, 5.41) is 6.83. The van der Waals surface area contributed by atoms with Gasteiger partial charge in [-0.3, -0.25) is 0 Å². The number of methoxy groups -OCH3 is 2. The lowest BCUT2D eigenvalue weighted by atomic mass is 10.2. The fourth-order valence-corrected chi connectivity index (χ4v) is 3.41. The van der Waals surface area contributed by atoms with Gasteiger partial charge >= 0.3 is 0 Å². The number of hydrogen-bond donors (Lipinski definition) is 2. The molecule has 0 unspecified atom stereocenters. The third-order valence-corrected chi connectivity index (χ3v) is 4.82. The monoisotopic (exact) mass is 434 g/mol. The van der Waals surface area contributed by atoms with E-state index in [-0.39, 0.29) is 0 Å². The fraction of sp³-hybridized carbons (Fsp3) is 0.174. The van der Waals surface area contributed by atoms with Crippen molar-refractivity contribution in [2.45, 2.75) is 6.92 Å². The van der Waals surface area contributed by atoms with E-state index in [0.29, 0.717) is 23.2 Å². The van der Waals surface area contributed by atoms with Crippen LogP contribution in [0.15, 0.2) is 54.6 Å². The first-order valence-corrected chi connectivity index (χ1v) is 10.1. The number of aromatic nitrogens is 2. The molecule has 0 atom stereocenters. The SMILES string of the molecule is CCOc1ccc(NC(=S)Nc2ccc3nc4cc(OC)c(OC)cc4nc3c2)cc1. The molecule has 0 saturated carbocycles. The number of fused-ring (bicyclic) bond motifs is 2. The van der Waals surface area contributed by atoms with Crippen LogP contribution in [0.3, 0.4) is 0 Å². The molecule has 7 nitrogen and oxygen atoms in total. The van der Waals surface area contributed by atoms with Crippen LogP contribution >= 0.6 is 12.2 Å². The molecule has 8 heteroatoms. The van der Waals surface area contributed by atoms with Crippen molar-refractivity contribution < 1.29 is 14.2 Å². The molecule has 31 heavy (non-hydrogen) atoms. The van der Waals surface area contributed by atoms with E-state index in [0.717, 1.165) is 39.2 Å². The molecule has 0 aliphatic carbocycles. The summed E-state index contributed by atoms with van der Waals surface area (Å²) in [7, 11) is 3.19. The Labute approximate surface area is 185 Å². The number of nitrogens with zero attached hydrogens (tertiary/aromatic N) is 2. The average Bonchev–Trinajstić information content (AvgIpc) is 2.78. The fourth-order valence-electron chi connectivity index (χ4n) is 3.18. The summed E-state index contributed by atoms with van der Waals surface area (Å²) in [6.07, 6.45) is 0. The van der Waals surface area contributed by atoms with E-state index in [4.69, 9.17) is 31.4 Å². The molecule has 1 aromatic heterocycles. The van der Waals surface area contributed by atoms with Crippen molar-refractivity contribution in [3.63, 3.8) is 0 Å². The van der Waals surface area contributed by atoms with Crippen LogP contribution in [-0.4, -0.2) is 35.9 Å². The maximum absolute atomic E-state index is 5.46. The first-order chi connectivity index (χ1) is 15.1. The second-order valence-corrected chi connectivity index (χ2v) is 7.07. The van der Waals surface area contributed by atoms with Gasteiger partial charge in [0.15, 0.2) is 16.6 Å². The van der Waals surface area contributed by atoms with Crippen LogP contribution in [0.2, 0.25) is 0 Å². The molecule has 0 aliphatic heterocycles. The number of nitrogens with one attached hydrogen (secondary N) is 2. The first kappa shape index (κ1) is 20.6. The Morgan fingerprint density at radius 2 is 1.32 bits per heavy atom. The average molecular weight is 435 g/mol. The van der Waals surface area contributed by atoms with Gasteiger partial charge in [-0.1, -0.05) is 0 Å². The quantitative estimate of drug-likeness (QED) is 0.324. The van der Waals surface area contributed by atoms with Crippen molar-refractivity contribution in [2.75, 3.05) is 31.5 Å². The summed E-state index contributed by atoms with van der Waals surface area (Å²) in [5.41, 5.74) is 4.65. The lowest BCUT2D eigenvalue weighted by Gasteiger charge is -2.12. The molecule has 0 amide bonds. The molecule has 0 spiro atoms. The lowest BCUT2D eigenvalue weighted by Crippen LogP contribution is -2.19. The molecule has 4 aromatic rings. The molecule has 0 fully saturated rings. The summed E-state index contributed by atoms with van der Waals surface area (Å²) in [6, 6.07) is 17.0. The van der Waals surface area contributed by atoms with E-state index < -0.39 is 0 Å². The van der Waals surface area contributed by atoms with E-state index in [2.05, 4.69) is 15.6 Å². The molecule has 0 saturated heterocycles. The van der Waals surface area contributed by atoms with Gasteiger partial charge in [-0.2, -0.15) is 0 Å². The molecule has 158 valence electrons. The van der Waals surface area contributed by atoms with Gasteiger partial charge in [0.2, 0.25) is 0 Å². The standard InChI is InChI=1S/C23H22N4O3S/c1-4-30-16-8-5-14(6-9-16)24-23(31)25-15-7-10-17-18(11-15)27-20-13-22(29-3)21(28-2)12-19(20)26-17/h5-13H,4H2,1-3H3,(H2,24,25,31). The van der Waals surface area contributed by atoms with E-state index in [1.807, 2.05) is 61.5 Å². The molecule has 3 aromatic carbocycles. The van der Waals surface area contributed by atoms with Gasteiger partial charge in [0, 0.05) is 23.5 Å². The summed E-state index contributed by atoms with van der Waals surface area (Å²) >= 11 is 5.44. The van der Waals surface area contributed by atoms with Gasteiger partial charge in [0.25, 0.3) is 0 Å². The van der Waals surface area contributed by atoms with Crippen molar-refractivity contribution >= 4 is 50.8 Å². The van der Waals surface area contributed by atoms with Gasteiger partial charge in [0.05, 0.1) is 42.9 Å². The Kier molecular flexibility index (Phi) is 5.99. The number of ether oxygens (including phenoxy) is 3. The van der Waals surface area contributed by atoms with Gasteiger partial charge in [-0.15, -0.1) is 0 Å². The van der Waals surface area contributed by atoms with Crippen LogP contribution in [0.4, 0.5) is 11.4 Å². The maximum atomic E-state index is 5.46. The zero-order valence-corrected chi connectivity index (χ0v) is 18.2. The minimum absolute atomic E-state index is 0.476. The Balaban J connectivity index is 1.55. The zero-order valence-electron chi connectivity index (χ0n) is 17.4. The topological polar surface area (TPSA) is 77.5 Å². The number of anilines is 2.